The molecular weight excluding hydrogens is 512 g/mol. The molecule has 1 unspecified atom stereocenters. The average molecular weight is 578 g/mol. The monoisotopic (exact) mass is 577 g/mol. The molecule has 1 aliphatic heterocycles. The van der Waals surface area contributed by atoms with Crippen LogP contribution in [-0.4, -0.2) is 30.3 Å². The van der Waals surface area contributed by atoms with Gasteiger partial charge in [-0.3, -0.25) is 9.59 Å². The van der Waals surface area contributed by atoms with Gasteiger partial charge in [-0.2, -0.15) is 10.2 Å². The van der Waals surface area contributed by atoms with Crippen LogP contribution in [0.1, 0.15) is 187 Å². The zero-order chi connectivity index (χ0) is 29.9. The van der Waals surface area contributed by atoms with Crippen LogP contribution in [0.25, 0.3) is 0 Å². The summed E-state index contributed by atoms with van der Waals surface area (Å²) in [5, 5.41) is 8.57. The number of carbonyl (C=O) groups excluding carboxylic acids is 2. The lowest BCUT2D eigenvalue weighted by atomic mass is 9.98. The topological polar surface area (TPSA) is 77.3 Å². The third kappa shape index (κ3) is 23.8. The van der Waals surface area contributed by atoms with Crippen molar-refractivity contribution >= 4 is 11.9 Å². The fraction of sp³-hybridized carbons (Fsp3) is 0.914. The first-order chi connectivity index (χ1) is 20.0. The number of hydrogen-bond donors (Lipinski definition) is 0. The second-order valence-corrected chi connectivity index (χ2v) is 12.4. The number of ether oxygens (including phenoxy) is 2. The molecule has 6 heteroatoms. The third-order valence-corrected chi connectivity index (χ3v) is 8.23. The van der Waals surface area contributed by atoms with Crippen molar-refractivity contribution in [1.82, 2.24) is 0 Å². The average Bonchev–Trinajstić information content (AvgIpc) is 3.74. The van der Waals surface area contributed by atoms with Crippen molar-refractivity contribution in [3.8, 4) is 0 Å². The molecule has 6 nitrogen and oxygen atoms in total. The smallest absolute Gasteiger partial charge is 0.306 e. The van der Waals surface area contributed by atoms with Crippen LogP contribution in [0.4, 0.5) is 0 Å². The molecule has 0 N–H and O–H groups in total. The van der Waals surface area contributed by atoms with E-state index in [1.165, 1.54) is 116 Å². The molecule has 0 bridgehead atoms. The highest BCUT2D eigenvalue weighted by molar-refractivity contribution is 5.70. The second-order valence-electron chi connectivity index (χ2n) is 12.4. The normalized spacial score (nSPS) is 14.2. The summed E-state index contributed by atoms with van der Waals surface area (Å²) >= 11 is 0. The number of esters is 2. The number of hydrogen-bond acceptors (Lipinski definition) is 6. The number of rotatable bonds is 31. The summed E-state index contributed by atoms with van der Waals surface area (Å²) in [4.78, 5) is 24.0. The molecule has 41 heavy (non-hydrogen) atoms. The third-order valence-electron chi connectivity index (χ3n) is 8.23. The lowest BCUT2D eigenvalue weighted by molar-refractivity contribution is -0.156. The van der Waals surface area contributed by atoms with Crippen LogP contribution in [0.3, 0.4) is 0 Å². The van der Waals surface area contributed by atoms with Gasteiger partial charge in [0.2, 0.25) is 0 Å². The van der Waals surface area contributed by atoms with Gasteiger partial charge in [0.05, 0.1) is 0 Å². The number of nitrogens with zero attached hydrogens (tertiary/aromatic N) is 2. The van der Waals surface area contributed by atoms with E-state index in [0.717, 1.165) is 44.9 Å². The molecule has 239 valence electrons. The van der Waals surface area contributed by atoms with Crippen LogP contribution >= 0.6 is 0 Å². The van der Waals surface area contributed by atoms with Gasteiger partial charge in [0.15, 0.2) is 5.66 Å². The van der Waals surface area contributed by atoms with E-state index in [9.17, 15) is 9.59 Å². The maximum Gasteiger partial charge on any atom is 0.306 e. The van der Waals surface area contributed by atoms with Crippen LogP contribution in [-0.2, 0) is 19.1 Å². The Morgan fingerprint density at radius 1 is 0.561 bits per heavy atom. The van der Waals surface area contributed by atoms with Crippen LogP contribution in [0.15, 0.2) is 10.2 Å². The van der Waals surface area contributed by atoms with Gasteiger partial charge in [0.1, 0.15) is 12.7 Å². The van der Waals surface area contributed by atoms with Crippen molar-refractivity contribution in [3.63, 3.8) is 0 Å². The Morgan fingerprint density at radius 2 is 0.951 bits per heavy atom. The molecule has 0 saturated carbocycles. The SMILES string of the molecule is [CH2]C(COC(=O)CCCCCCCCCCCCCCC)OC(=O)CCCCCCCCCCC1(CCCC)N=N1. The summed E-state index contributed by atoms with van der Waals surface area (Å²) < 4.78 is 10.6. The number of unbranched alkanes of at least 4 members (excludes halogenated alkanes) is 20. The fourth-order valence-electron chi connectivity index (χ4n) is 5.42. The Labute approximate surface area is 253 Å². The van der Waals surface area contributed by atoms with Gasteiger partial charge >= 0.3 is 11.9 Å². The van der Waals surface area contributed by atoms with Gasteiger partial charge < -0.3 is 9.47 Å². The van der Waals surface area contributed by atoms with Gasteiger partial charge in [-0.15, -0.1) is 0 Å². The molecule has 0 aliphatic carbocycles. The Bertz CT molecular complexity index is 661. The first-order valence-corrected chi connectivity index (χ1v) is 17.6. The van der Waals surface area contributed by atoms with Gasteiger partial charge in [-0.1, -0.05) is 136 Å². The predicted octanol–water partition coefficient (Wildman–Crippen LogP) is 11.0. The van der Waals surface area contributed by atoms with E-state index in [4.69, 9.17) is 9.47 Å². The summed E-state index contributed by atoms with van der Waals surface area (Å²) in [6.45, 7) is 8.35. The molecule has 0 amide bonds. The fourth-order valence-corrected chi connectivity index (χ4v) is 5.42. The molecule has 0 aromatic heterocycles. The zero-order valence-electron chi connectivity index (χ0n) is 27.1. The molecule has 0 spiro atoms. The minimum absolute atomic E-state index is 0.00499. The van der Waals surface area contributed by atoms with E-state index in [0.29, 0.717) is 12.8 Å². The first kappa shape index (κ1) is 37.6. The maximum absolute atomic E-state index is 12.0. The summed E-state index contributed by atoms with van der Waals surface area (Å²) in [6.07, 6.45) is 30.9. The van der Waals surface area contributed by atoms with E-state index < -0.39 is 6.10 Å². The highest BCUT2D eigenvalue weighted by Crippen LogP contribution is 2.38. The molecule has 1 heterocycles. The predicted molar refractivity (Wildman–Crippen MR) is 170 cm³/mol. The molecule has 1 rings (SSSR count). The summed E-state index contributed by atoms with van der Waals surface area (Å²) in [5.74, 6) is -0.461. The lowest BCUT2D eigenvalue weighted by Crippen LogP contribution is -2.22. The van der Waals surface area contributed by atoms with E-state index >= 15 is 0 Å². The molecule has 0 fully saturated rings. The van der Waals surface area contributed by atoms with Crippen LogP contribution < -0.4 is 0 Å². The first-order valence-electron chi connectivity index (χ1n) is 17.6. The van der Waals surface area contributed by atoms with Gasteiger partial charge in [0, 0.05) is 12.8 Å². The van der Waals surface area contributed by atoms with E-state index in [-0.39, 0.29) is 24.2 Å². The molecule has 0 saturated heterocycles. The number of carbonyl (C=O) groups is 2. The van der Waals surface area contributed by atoms with Gasteiger partial charge in [-0.05, 0) is 45.4 Å². The van der Waals surface area contributed by atoms with Crippen molar-refractivity contribution in [1.29, 1.82) is 0 Å². The van der Waals surface area contributed by atoms with E-state index in [1.807, 2.05) is 0 Å². The van der Waals surface area contributed by atoms with Crippen LogP contribution in [0.2, 0.25) is 0 Å². The molecule has 0 aromatic carbocycles. The van der Waals surface area contributed by atoms with Crippen LogP contribution in [0, 0.1) is 6.92 Å². The second kappa shape index (κ2) is 26.2. The lowest BCUT2D eigenvalue weighted by Gasteiger charge is -2.13. The van der Waals surface area contributed by atoms with Crippen molar-refractivity contribution < 1.29 is 19.1 Å². The largest absolute Gasteiger partial charge is 0.462 e. The quantitative estimate of drug-likeness (QED) is 0.0606. The Hall–Kier alpha value is -1.46. The molecule has 1 radical (unpaired) electrons. The van der Waals surface area contributed by atoms with Crippen molar-refractivity contribution in [2.75, 3.05) is 6.61 Å². The van der Waals surface area contributed by atoms with E-state index in [1.54, 1.807) is 0 Å². The van der Waals surface area contributed by atoms with Crippen molar-refractivity contribution in [2.24, 2.45) is 10.2 Å². The standard InChI is InChI=1S/C35H65N2O4/c1-4-6-8-9-10-11-12-13-14-15-18-21-24-27-33(38)40-31-32(3)41-34(39)28-25-22-19-16-17-20-23-26-30-35(36-37-35)29-7-5-2/h32H,3-31H2,1-2H3. The highest BCUT2D eigenvalue weighted by atomic mass is 16.6. The highest BCUT2D eigenvalue weighted by Gasteiger charge is 2.37. The summed E-state index contributed by atoms with van der Waals surface area (Å²) in [6, 6.07) is 0. The van der Waals surface area contributed by atoms with E-state index in [2.05, 4.69) is 31.0 Å². The summed E-state index contributed by atoms with van der Waals surface area (Å²) in [5.41, 5.74) is 0.00499. The minimum atomic E-state index is -0.629. The Balaban J connectivity index is 1.82. The van der Waals surface area contributed by atoms with Gasteiger partial charge in [-0.25, -0.2) is 0 Å². The molecule has 1 aliphatic rings. The van der Waals surface area contributed by atoms with Crippen molar-refractivity contribution in [2.45, 2.75) is 199 Å². The van der Waals surface area contributed by atoms with Crippen molar-refractivity contribution in [3.05, 3.63) is 6.92 Å². The Kier molecular flexibility index (Phi) is 24.0. The zero-order valence-corrected chi connectivity index (χ0v) is 27.1. The molecule has 0 aromatic rings. The van der Waals surface area contributed by atoms with Gasteiger partial charge in [0.25, 0.3) is 0 Å². The summed E-state index contributed by atoms with van der Waals surface area (Å²) in [7, 11) is 0. The Morgan fingerprint density at radius 3 is 1.41 bits per heavy atom. The minimum Gasteiger partial charge on any atom is -0.462 e. The molecular formula is C35H65N2O4. The van der Waals surface area contributed by atoms with Crippen LogP contribution in [0.5, 0.6) is 0 Å². The maximum atomic E-state index is 12.0. The molecule has 1 atom stereocenters.